The molecule has 0 aliphatic carbocycles. The first-order valence-electron chi connectivity index (χ1n) is 10.1. The van der Waals surface area contributed by atoms with Crippen molar-refractivity contribution in [3.05, 3.63) is 39.9 Å². The Morgan fingerprint density at radius 1 is 1.20 bits per heavy atom. The second-order valence-corrected chi connectivity index (χ2v) is 7.76. The van der Waals surface area contributed by atoms with Crippen molar-refractivity contribution < 1.29 is 19.1 Å². The maximum absolute atomic E-state index is 12.7. The van der Waals surface area contributed by atoms with Crippen molar-refractivity contribution in [1.29, 1.82) is 0 Å². The Balaban J connectivity index is 1.66. The Hall–Kier alpha value is -3.23. The molecule has 0 saturated heterocycles. The van der Waals surface area contributed by atoms with Crippen molar-refractivity contribution in [3.63, 3.8) is 0 Å². The number of hydrogen-bond acceptors (Lipinski definition) is 6. The highest BCUT2D eigenvalue weighted by molar-refractivity contribution is 5.98. The van der Waals surface area contributed by atoms with E-state index >= 15 is 0 Å². The van der Waals surface area contributed by atoms with Crippen LogP contribution >= 0.6 is 0 Å². The molecule has 30 heavy (non-hydrogen) atoms. The molecule has 0 atom stereocenters. The lowest BCUT2D eigenvalue weighted by Gasteiger charge is -2.11. The number of benzene rings is 1. The maximum Gasteiger partial charge on any atom is 0.338 e. The molecule has 3 rings (SSSR count). The van der Waals surface area contributed by atoms with Crippen LogP contribution in [-0.2, 0) is 22.5 Å². The number of amides is 3. The van der Waals surface area contributed by atoms with E-state index < -0.39 is 24.5 Å². The molecule has 9 nitrogen and oxygen atoms in total. The lowest BCUT2D eigenvalue weighted by atomic mass is 10.1. The molecule has 0 fully saturated rings. The average molecular weight is 414 g/mol. The van der Waals surface area contributed by atoms with Crippen molar-refractivity contribution in [2.75, 3.05) is 13.2 Å². The monoisotopic (exact) mass is 414 g/mol. The average Bonchev–Trinajstić information content (AvgIpc) is 2.96. The zero-order chi connectivity index (χ0) is 21.7. The summed E-state index contributed by atoms with van der Waals surface area (Å²) in [6, 6.07) is 3.89. The highest BCUT2D eigenvalue weighted by atomic mass is 16.5. The quantitative estimate of drug-likeness (QED) is 0.720. The molecule has 1 aromatic heterocycles. The van der Waals surface area contributed by atoms with E-state index in [1.54, 1.807) is 10.6 Å². The van der Waals surface area contributed by atoms with E-state index in [0.717, 1.165) is 31.5 Å². The van der Waals surface area contributed by atoms with E-state index in [0.29, 0.717) is 24.0 Å². The van der Waals surface area contributed by atoms with Crippen LogP contribution in [0.3, 0.4) is 0 Å². The molecule has 9 heteroatoms. The number of hydrogen-bond donors (Lipinski definition) is 2. The van der Waals surface area contributed by atoms with Crippen LogP contribution in [0.1, 0.15) is 49.3 Å². The number of nitrogens with one attached hydrogen (secondary N) is 2. The summed E-state index contributed by atoms with van der Waals surface area (Å²) in [5.74, 6) is -0.492. The van der Waals surface area contributed by atoms with Gasteiger partial charge in [-0.3, -0.25) is 19.5 Å². The Bertz CT molecular complexity index is 1030. The number of fused-ring (bicyclic) bond motifs is 2. The molecule has 2 heterocycles. The fourth-order valence-electron chi connectivity index (χ4n) is 3.26. The number of esters is 1. The number of ether oxygens (including phenoxy) is 1. The lowest BCUT2D eigenvalue weighted by Crippen LogP contribution is -2.42. The van der Waals surface area contributed by atoms with Gasteiger partial charge in [-0.1, -0.05) is 20.3 Å². The van der Waals surface area contributed by atoms with E-state index in [9.17, 15) is 19.2 Å². The second-order valence-electron chi connectivity index (χ2n) is 7.76. The Labute approximate surface area is 173 Å². The van der Waals surface area contributed by atoms with Crippen LogP contribution in [0.4, 0.5) is 4.79 Å². The van der Waals surface area contributed by atoms with E-state index in [2.05, 4.69) is 15.6 Å². The molecule has 1 aromatic carbocycles. The Morgan fingerprint density at radius 2 is 2.00 bits per heavy atom. The van der Waals surface area contributed by atoms with Crippen LogP contribution in [0.15, 0.2) is 23.0 Å². The first-order chi connectivity index (χ1) is 14.3. The number of aromatic nitrogens is 2. The van der Waals surface area contributed by atoms with Crippen molar-refractivity contribution in [2.45, 2.75) is 46.1 Å². The first-order valence-corrected chi connectivity index (χ1v) is 10.1. The van der Waals surface area contributed by atoms with E-state index in [-0.39, 0.29) is 17.0 Å². The predicted octanol–water partition coefficient (Wildman–Crippen LogP) is 1.76. The fourth-order valence-corrected chi connectivity index (χ4v) is 3.26. The summed E-state index contributed by atoms with van der Waals surface area (Å²) in [6.07, 6.45) is 3.69. The molecule has 2 aromatic rings. The van der Waals surface area contributed by atoms with Gasteiger partial charge in [0, 0.05) is 19.5 Å². The Morgan fingerprint density at radius 3 is 2.77 bits per heavy atom. The highest BCUT2D eigenvalue weighted by Gasteiger charge is 2.17. The summed E-state index contributed by atoms with van der Waals surface area (Å²) in [5, 5.41) is 5.07. The van der Waals surface area contributed by atoms with Crippen molar-refractivity contribution in [2.24, 2.45) is 5.92 Å². The molecule has 0 bridgehead atoms. The van der Waals surface area contributed by atoms with Crippen LogP contribution in [0, 0.1) is 5.92 Å². The third-order valence-electron chi connectivity index (χ3n) is 4.81. The SMILES string of the molecule is CC(C)CNC(=O)NC(=O)COC(=O)c1ccc2c(=O)n3c(nc2c1)CCCCC3. The number of urea groups is 1. The second kappa shape index (κ2) is 9.51. The summed E-state index contributed by atoms with van der Waals surface area (Å²) in [7, 11) is 0. The van der Waals surface area contributed by atoms with Gasteiger partial charge in [-0.2, -0.15) is 0 Å². The van der Waals surface area contributed by atoms with Crippen molar-refractivity contribution >= 4 is 28.8 Å². The molecule has 2 N–H and O–H groups in total. The number of carbonyl (C=O) groups is 3. The zero-order valence-corrected chi connectivity index (χ0v) is 17.2. The molecule has 3 amide bonds. The molecule has 1 aliphatic rings. The number of carbonyl (C=O) groups excluding carboxylic acids is 3. The third-order valence-corrected chi connectivity index (χ3v) is 4.81. The normalized spacial score (nSPS) is 13.4. The van der Waals surface area contributed by atoms with Gasteiger partial charge in [-0.15, -0.1) is 0 Å². The predicted molar refractivity (Wildman–Crippen MR) is 110 cm³/mol. The zero-order valence-electron chi connectivity index (χ0n) is 17.2. The summed E-state index contributed by atoms with van der Waals surface area (Å²) in [4.78, 5) is 53.0. The molecule has 0 spiro atoms. The van der Waals surface area contributed by atoms with E-state index in [1.807, 2.05) is 13.8 Å². The van der Waals surface area contributed by atoms with Crippen molar-refractivity contribution in [1.82, 2.24) is 20.2 Å². The Kier molecular flexibility index (Phi) is 6.81. The van der Waals surface area contributed by atoms with Gasteiger partial charge in [0.05, 0.1) is 16.5 Å². The van der Waals surface area contributed by atoms with Crippen molar-refractivity contribution in [3.8, 4) is 0 Å². The van der Waals surface area contributed by atoms with Crippen LogP contribution in [0.25, 0.3) is 10.9 Å². The molecule has 0 radical (unpaired) electrons. The molecule has 160 valence electrons. The minimum absolute atomic E-state index is 0.108. The topological polar surface area (TPSA) is 119 Å². The van der Waals surface area contributed by atoms with Gasteiger partial charge in [0.15, 0.2) is 6.61 Å². The van der Waals surface area contributed by atoms with Crippen LogP contribution in [-0.4, -0.2) is 40.6 Å². The van der Waals surface area contributed by atoms with Gasteiger partial charge in [-0.05, 0) is 37.0 Å². The van der Waals surface area contributed by atoms with Crippen LogP contribution in [0.5, 0.6) is 0 Å². The standard InChI is InChI=1S/C21H26N4O5/c1-13(2)11-22-21(29)24-18(26)12-30-20(28)14-7-8-15-16(10-14)23-17-6-4-3-5-9-25(17)19(15)27/h7-8,10,13H,3-6,9,11-12H2,1-2H3,(H2,22,24,26,29). The smallest absolute Gasteiger partial charge is 0.338 e. The van der Waals surface area contributed by atoms with Gasteiger partial charge in [0.1, 0.15) is 5.82 Å². The van der Waals surface area contributed by atoms with Crippen LogP contribution in [0.2, 0.25) is 0 Å². The molecular formula is C21H26N4O5. The van der Waals surface area contributed by atoms with Gasteiger partial charge in [0.2, 0.25) is 0 Å². The number of imide groups is 1. The van der Waals surface area contributed by atoms with E-state index in [1.165, 1.54) is 12.1 Å². The lowest BCUT2D eigenvalue weighted by molar-refractivity contribution is -0.123. The third kappa shape index (κ3) is 5.22. The first kappa shape index (κ1) is 21.5. The summed E-state index contributed by atoms with van der Waals surface area (Å²) < 4.78 is 6.70. The summed E-state index contributed by atoms with van der Waals surface area (Å²) in [5.41, 5.74) is 0.508. The maximum atomic E-state index is 12.7. The minimum atomic E-state index is -0.730. The highest BCUT2D eigenvalue weighted by Crippen LogP contribution is 2.16. The van der Waals surface area contributed by atoms with Gasteiger partial charge in [-0.25, -0.2) is 14.6 Å². The number of nitrogens with zero attached hydrogens (tertiary/aromatic N) is 2. The van der Waals surface area contributed by atoms with Gasteiger partial charge in [0.25, 0.3) is 11.5 Å². The molecule has 0 saturated carbocycles. The molecule has 0 unspecified atom stereocenters. The van der Waals surface area contributed by atoms with Gasteiger partial charge >= 0.3 is 12.0 Å². The number of rotatable bonds is 5. The largest absolute Gasteiger partial charge is 0.452 e. The molecular weight excluding hydrogens is 388 g/mol. The molecule has 1 aliphatic heterocycles. The van der Waals surface area contributed by atoms with E-state index in [4.69, 9.17) is 4.74 Å². The summed E-state index contributed by atoms with van der Waals surface area (Å²) >= 11 is 0. The van der Waals surface area contributed by atoms with Gasteiger partial charge < -0.3 is 10.1 Å². The number of aryl methyl sites for hydroxylation is 1. The summed E-state index contributed by atoms with van der Waals surface area (Å²) in [6.45, 7) is 4.34. The fraction of sp³-hybridized carbons (Fsp3) is 0.476. The van der Waals surface area contributed by atoms with Crippen LogP contribution < -0.4 is 16.2 Å². The minimum Gasteiger partial charge on any atom is -0.452 e.